The first-order valence-corrected chi connectivity index (χ1v) is 7.66. The molecule has 0 spiro atoms. The minimum atomic E-state index is -1.62. The second kappa shape index (κ2) is 4.95. The standard InChI is InChI=1S/C15H23NO5/c1-14-9-11(20-10-7-5-4-6-8-10)15(21-14,13(18)19-3)12(17)16(14)2/h10-11H,4-9H2,1-3H3/t11-,14-,15+/m1/s1. The Hall–Kier alpha value is -1.14. The molecule has 0 radical (unpaired) electrons. The van der Waals surface area contributed by atoms with Gasteiger partial charge in [0, 0.05) is 13.5 Å². The highest BCUT2D eigenvalue weighted by Crippen LogP contribution is 2.50. The summed E-state index contributed by atoms with van der Waals surface area (Å²) >= 11 is 0. The van der Waals surface area contributed by atoms with Crippen molar-refractivity contribution in [3.63, 3.8) is 0 Å². The number of fused-ring (bicyclic) bond motifs is 2. The summed E-state index contributed by atoms with van der Waals surface area (Å²) in [7, 11) is 2.93. The highest BCUT2D eigenvalue weighted by Gasteiger charge is 2.74. The quantitative estimate of drug-likeness (QED) is 0.579. The minimum Gasteiger partial charge on any atom is -0.466 e. The Morgan fingerprint density at radius 2 is 2.00 bits per heavy atom. The number of methoxy groups -OCH3 is 1. The fourth-order valence-electron chi connectivity index (χ4n) is 3.78. The minimum absolute atomic E-state index is 0.106. The summed E-state index contributed by atoms with van der Waals surface area (Å²) in [6.07, 6.45) is 5.51. The molecule has 6 nitrogen and oxygen atoms in total. The molecule has 118 valence electrons. The van der Waals surface area contributed by atoms with E-state index in [-0.39, 0.29) is 12.0 Å². The van der Waals surface area contributed by atoms with E-state index in [0.717, 1.165) is 25.7 Å². The van der Waals surface area contributed by atoms with Crippen molar-refractivity contribution in [1.82, 2.24) is 4.90 Å². The molecule has 0 aromatic rings. The molecule has 21 heavy (non-hydrogen) atoms. The van der Waals surface area contributed by atoms with E-state index < -0.39 is 23.4 Å². The Balaban J connectivity index is 1.86. The van der Waals surface area contributed by atoms with Gasteiger partial charge in [0.2, 0.25) is 0 Å². The van der Waals surface area contributed by atoms with E-state index in [1.54, 1.807) is 7.05 Å². The van der Waals surface area contributed by atoms with E-state index in [1.165, 1.54) is 18.4 Å². The first-order chi connectivity index (χ1) is 9.94. The Morgan fingerprint density at radius 3 is 2.57 bits per heavy atom. The highest BCUT2D eigenvalue weighted by atomic mass is 16.6. The first-order valence-electron chi connectivity index (χ1n) is 7.66. The smallest absolute Gasteiger partial charge is 0.351 e. The zero-order valence-corrected chi connectivity index (χ0v) is 12.9. The van der Waals surface area contributed by atoms with Gasteiger partial charge in [-0.3, -0.25) is 4.79 Å². The van der Waals surface area contributed by atoms with Crippen LogP contribution in [0, 0.1) is 0 Å². The number of likely N-dealkylation sites (tertiary alicyclic amines) is 1. The molecule has 1 saturated carbocycles. The van der Waals surface area contributed by atoms with Gasteiger partial charge in [-0.2, -0.15) is 0 Å². The lowest BCUT2D eigenvalue weighted by Gasteiger charge is -2.36. The summed E-state index contributed by atoms with van der Waals surface area (Å²) < 4.78 is 16.8. The lowest BCUT2D eigenvalue weighted by Crippen LogP contribution is -2.60. The number of likely N-dealkylation sites (N-methyl/N-ethyl adjacent to an activating group) is 1. The molecule has 1 amide bonds. The van der Waals surface area contributed by atoms with Crippen LogP contribution < -0.4 is 0 Å². The Kier molecular flexibility index (Phi) is 3.48. The van der Waals surface area contributed by atoms with Gasteiger partial charge in [-0.05, 0) is 19.8 Å². The maximum Gasteiger partial charge on any atom is 0.351 e. The maximum absolute atomic E-state index is 12.6. The molecule has 3 atom stereocenters. The second-order valence-electron chi connectivity index (χ2n) is 6.46. The zero-order valence-electron chi connectivity index (χ0n) is 12.9. The van der Waals surface area contributed by atoms with E-state index in [4.69, 9.17) is 14.2 Å². The maximum atomic E-state index is 12.6. The van der Waals surface area contributed by atoms with Crippen LogP contribution in [0.3, 0.4) is 0 Å². The monoisotopic (exact) mass is 297 g/mol. The van der Waals surface area contributed by atoms with Crippen molar-refractivity contribution >= 4 is 11.9 Å². The summed E-state index contributed by atoms with van der Waals surface area (Å²) in [4.78, 5) is 26.3. The van der Waals surface area contributed by atoms with Crippen molar-refractivity contribution < 1.29 is 23.8 Å². The predicted molar refractivity (Wildman–Crippen MR) is 73.4 cm³/mol. The van der Waals surface area contributed by atoms with Gasteiger partial charge in [0.1, 0.15) is 11.8 Å². The number of piperidine rings is 1. The third-order valence-electron chi connectivity index (χ3n) is 5.13. The van der Waals surface area contributed by atoms with Crippen molar-refractivity contribution in [3.05, 3.63) is 0 Å². The average molecular weight is 297 g/mol. The number of hydrogen-bond acceptors (Lipinski definition) is 5. The van der Waals surface area contributed by atoms with Crippen LogP contribution in [0.15, 0.2) is 0 Å². The predicted octanol–water partition coefficient (Wildman–Crippen LogP) is 1.22. The fourth-order valence-corrected chi connectivity index (χ4v) is 3.78. The van der Waals surface area contributed by atoms with Crippen LogP contribution in [0.4, 0.5) is 0 Å². The molecule has 0 aromatic heterocycles. The molecule has 0 N–H and O–H groups in total. The highest BCUT2D eigenvalue weighted by molar-refractivity contribution is 6.09. The van der Waals surface area contributed by atoms with Crippen molar-refractivity contribution in [3.8, 4) is 0 Å². The van der Waals surface area contributed by atoms with Gasteiger partial charge in [0.05, 0.1) is 13.2 Å². The third-order valence-corrected chi connectivity index (χ3v) is 5.13. The van der Waals surface area contributed by atoms with E-state index in [2.05, 4.69) is 0 Å². The molecular formula is C15H23NO5. The Morgan fingerprint density at radius 1 is 1.33 bits per heavy atom. The molecule has 2 saturated heterocycles. The Labute approximate surface area is 124 Å². The van der Waals surface area contributed by atoms with Crippen LogP contribution in [-0.2, 0) is 23.8 Å². The van der Waals surface area contributed by atoms with E-state index in [9.17, 15) is 9.59 Å². The van der Waals surface area contributed by atoms with E-state index in [0.29, 0.717) is 6.42 Å². The molecular weight excluding hydrogens is 274 g/mol. The lowest BCUT2D eigenvalue weighted by molar-refractivity contribution is -0.182. The van der Waals surface area contributed by atoms with Crippen LogP contribution in [-0.4, -0.2) is 54.5 Å². The van der Waals surface area contributed by atoms with Crippen LogP contribution >= 0.6 is 0 Å². The van der Waals surface area contributed by atoms with Crippen LogP contribution in [0.25, 0.3) is 0 Å². The normalized spacial score (nSPS) is 39.9. The van der Waals surface area contributed by atoms with Crippen molar-refractivity contribution in [2.24, 2.45) is 0 Å². The van der Waals surface area contributed by atoms with Crippen LogP contribution in [0.2, 0.25) is 0 Å². The number of ether oxygens (including phenoxy) is 3. The summed E-state index contributed by atoms with van der Waals surface area (Å²) in [6, 6.07) is 0. The largest absolute Gasteiger partial charge is 0.466 e. The SMILES string of the molecule is COC(=O)[C@]12O[C@](C)(C[C@H]1OC1CCCCC1)N(C)C2=O. The topological polar surface area (TPSA) is 65.1 Å². The third kappa shape index (κ3) is 1.99. The van der Waals surface area contributed by atoms with Crippen LogP contribution in [0.5, 0.6) is 0 Å². The summed E-state index contributed by atoms with van der Waals surface area (Å²) in [5, 5.41) is 0. The van der Waals surface area contributed by atoms with Crippen LogP contribution in [0.1, 0.15) is 45.4 Å². The van der Waals surface area contributed by atoms with E-state index in [1.807, 2.05) is 6.92 Å². The van der Waals surface area contributed by atoms with Gasteiger partial charge in [-0.1, -0.05) is 19.3 Å². The number of rotatable bonds is 3. The van der Waals surface area contributed by atoms with Gasteiger partial charge in [-0.15, -0.1) is 0 Å². The fraction of sp³-hybridized carbons (Fsp3) is 0.867. The molecule has 2 heterocycles. The zero-order chi connectivity index (χ0) is 15.3. The molecule has 3 rings (SSSR count). The molecule has 1 aliphatic carbocycles. The summed E-state index contributed by atoms with van der Waals surface area (Å²) in [6.45, 7) is 1.82. The van der Waals surface area contributed by atoms with Crippen molar-refractivity contribution in [2.45, 2.75) is 69.0 Å². The molecule has 2 bridgehead atoms. The molecule has 6 heteroatoms. The first kappa shape index (κ1) is 14.8. The average Bonchev–Trinajstić information content (AvgIpc) is 2.89. The van der Waals surface area contributed by atoms with Crippen molar-refractivity contribution in [1.29, 1.82) is 0 Å². The van der Waals surface area contributed by atoms with Gasteiger partial charge >= 0.3 is 5.97 Å². The molecule has 0 aromatic carbocycles. The number of nitrogens with zero attached hydrogens (tertiary/aromatic N) is 1. The van der Waals surface area contributed by atoms with Gasteiger partial charge in [0.15, 0.2) is 0 Å². The number of esters is 1. The summed E-state index contributed by atoms with van der Waals surface area (Å²) in [5.41, 5.74) is -2.40. The molecule has 2 aliphatic heterocycles. The summed E-state index contributed by atoms with van der Waals surface area (Å²) in [5.74, 6) is -1.01. The molecule has 3 aliphatic rings. The lowest BCUT2D eigenvalue weighted by atomic mass is 9.88. The number of carbonyl (C=O) groups is 2. The molecule has 3 fully saturated rings. The van der Waals surface area contributed by atoms with Gasteiger partial charge in [-0.25, -0.2) is 4.79 Å². The van der Waals surface area contributed by atoms with E-state index >= 15 is 0 Å². The van der Waals surface area contributed by atoms with Gasteiger partial charge in [0.25, 0.3) is 11.5 Å². The van der Waals surface area contributed by atoms with Crippen molar-refractivity contribution in [2.75, 3.05) is 14.2 Å². The number of amides is 1. The number of carbonyl (C=O) groups excluding carboxylic acids is 2. The van der Waals surface area contributed by atoms with Gasteiger partial charge < -0.3 is 19.1 Å². The Bertz CT molecular complexity index is 461. The second-order valence-corrected chi connectivity index (χ2v) is 6.46. The molecule has 0 unspecified atom stereocenters. The number of hydrogen-bond donors (Lipinski definition) is 0.